The molecule has 114 valence electrons. The zero-order valence-corrected chi connectivity index (χ0v) is 12.7. The van der Waals surface area contributed by atoms with E-state index in [4.69, 9.17) is 5.73 Å². The molecule has 0 aromatic carbocycles. The third-order valence-corrected chi connectivity index (χ3v) is 4.79. The van der Waals surface area contributed by atoms with Gasteiger partial charge in [0.1, 0.15) is 0 Å². The molecule has 1 amide bonds. The maximum absolute atomic E-state index is 12.5. The summed E-state index contributed by atoms with van der Waals surface area (Å²) in [4.78, 5) is 26.4. The van der Waals surface area contributed by atoms with Crippen LogP contribution in [0.2, 0.25) is 0 Å². The first-order chi connectivity index (χ1) is 9.97. The fraction of sp³-hybridized carbons (Fsp3) is 0.625. The van der Waals surface area contributed by atoms with Crippen molar-refractivity contribution in [2.24, 2.45) is 17.6 Å². The van der Waals surface area contributed by atoms with E-state index in [2.05, 4.69) is 0 Å². The van der Waals surface area contributed by atoms with Crippen molar-refractivity contribution in [1.29, 1.82) is 0 Å². The normalized spacial score (nSPS) is 25.6. The predicted octanol–water partition coefficient (Wildman–Crippen LogP) is 0.777. The second-order valence-corrected chi connectivity index (χ2v) is 6.71. The molecule has 1 aromatic rings. The lowest BCUT2D eigenvalue weighted by Gasteiger charge is -2.43. The Morgan fingerprint density at radius 3 is 2.76 bits per heavy atom. The van der Waals surface area contributed by atoms with Crippen molar-refractivity contribution in [2.75, 3.05) is 13.1 Å². The molecule has 1 saturated heterocycles. The molecule has 3 atom stereocenters. The van der Waals surface area contributed by atoms with Crippen molar-refractivity contribution in [3.05, 3.63) is 34.2 Å². The van der Waals surface area contributed by atoms with E-state index in [-0.39, 0.29) is 23.3 Å². The summed E-state index contributed by atoms with van der Waals surface area (Å²) in [6.45, 7) is 6.06. The molecule has 2 aliphatic heterocycles. The third-order valence-electron chi connectivity index (χ3n) is 4.79. The number of rotatable bonds is 2. The van der Waals surface area contributed by atoms with Crippen molar-refractivity contribution < 1.29 is 4.79 Å². The Kier molecular flexibility index (Phi) is 3.61. The van der Waals surface area contributed by atoms with Crippen molar-refractivity contribution in [3.63, 3.8) is 0 Å². The standard InChI is InChI=1S/C16H23N3O2/c1-10(2)15(17)16(21)18-7-11-6-12(9-18)13-4-3-5-14(20)19(13)8-11/h3-5,10-12,15H,6-9,17H2,1-2H3. The molecule has 3 heterocycles. The molecule has 0 aliphatic carbocycles. The number of piperidine rings is 1. The maximum atomic E-state index is 12.5. The zero-order valence-electron chi connectivity index (χ0n) is 12.7. The van der Waals surface area contributed by atoms with Crippen LogP contribution >= 0.6 is 0 Å². The summed E-state index contributed by atoms with van der Waals surface area (Å²) >= 11 is 0. The highest BCUT2D eigenvalue weighted by Gasteiger charge is 2.37. The van der Waals surface area contributed by atoms with Gasteiger partial charge in [-0.1, -0.05) is 19.9 Å². The van der Waals surface area contributed by atoms with Crippen molar-refractivity contribution in [2.45, 2.75) is 38.8 Å². The first-order valence-electron chi connectivity index (χ1n) is 7.71. The van der Waals surface area contributed by atoms with E-state index in [1.54, 1.807) is 6.07 Å². The lowest BCUT2D eigenvalue weighted by atomic mass is 9.82. The van der Waals surface area contributed by atoms with Gasteiger partial charge in [0.2, 0.25) is 5.91 Å². The Morgan fingerprint density at radius 2 is 2.05 bits per heavy atom. The molecule has 0 spiro atoms. The van der Waals surface area contributed by atoms with Gasteiger partial charge in [-0.05, 0) is 24.3 Å². The third kappa shape index (κ3) is 2.50. The molecule has 2 bridgehead atoms. The molecule has 21 heavy (non-hydrogen) atoms. The largest absolute Gasteiger partial charge is 0.340 e. The van der Waals surface area contributed by atoms with Gasteiger partial charge in [-0.3, -0.25) is 9.59 Å². The minimum absolute atomic E-state index is 0.0476. The summed E-state index contributed by atoms with van der Waals surface area (Å²) < 4.78 is 1.88. The highest BCUT2D eigenvalue weighted by molar-refractivity contribution is 5.82. The van der Waals surface area contributed by atoms with Crippen LogP contribution in [-0.4, -0.2) is 34.5 Å². The SMILES string of the molecule is CC(C)C(N)C(=O)N1CC2CC(C1)c1cccc(=O)n1C2. The number of carbonyl (C=O) groups is 1. The Balaban J connectivity index is 1.85. The smallest absolute Gasteiger partial charge is 0.250 e. The van der Waals surface area contributed by atoms with Gasteiger partial charge in [0, 0.05) is 37.3 Å². The Labute approximate surface area is 124 Å². The van der Waals surface area contributed by atoms with Crippen molar-refractivity contribution in [3.8, 4) is 0 Å². The van der Waals surface area contributed by atoms with E-state index in [1.165, 1.54) is 0 Å². The fourth-order valence-electron chi connectivity index (χ4n) is 3.57. The van der Waals surface area contributed by atoms with E-state index < -0.39 is 6.04 Å². The van der Waals surface area contributed by atoms with Gasteiger partial charge in [-0.25, -0.2) is 0 Å². The van der Waals surface area contributed by atoms with E-state index in [1.807, 2.05) is 35.4 Å². The Bertz CT molecular complexity index is 608. The average molecular weight is 289 g/mol. The van der Waals surface area contributed by atoms with Crippen LogP contribution in [0.25, 0.3) is 0 Å². The minimum Gasteiger partial charge on any atom is -0.340 e. The Hall–Kier alpha value is -1.62. The van der Waals surface area contributed by atoms with Crippen LogP contribution in [0, 0.1) is 11.8 Å². The van der Waals surface area contributed by atoms with Gasteiger partial charge in [-0.15, -0.1) is 0 Å². The van der Waals surface area contributed by atoms with Crippen LogP contribution in [0.5, 0.6) is 0 Å². The summed E-state index contributed by atoms with van der Waals surface area (Å²) in [5, 5.41) is 0. The summed E-state index contributed by atoms with van der Waals surface area (Å²) in [5.74, 6) is 0.815. The number of nitrogens with two attached hydrogens (primary N) is 1. The molecule has 1 fully saturated rings. The Morgan fingerprint density at radius 1 is 1.29 bits per heavy atom. The van der Waals surface area contributed by atoms with Gasteiger partial charge in [0.05, 0.1) is 6.04 Å². The van der Waals surface area contributed by atoms with E-state index in [9.17, 15) is 9.59 Å². The summed E-state index contributed by atoms with van der Waals surface area (Å²) in [6, 6.07) is 5.01. The maximum Gasteiger partial charge on any atom is 0.250 e. The number of fused-ring (bicyclic) bond motifs is 4. The molecule has 3 unspecified atom stereocenters. The predicted molar refractivity (Wildman–Crippen MR) is 80.9 cm³/mol. The van der Waals surface area contributed by atoms with Crippen LogP contribution in [0.15, 0.2) is 23.0 Å². The van der Waals surface area contributed by atoms with Crippen molar-refractivity contribution >= 4 is 5.91 Å². The summed E-state index contributed by atoms with van der Waals surface area (Å²) in [5.41, 5.74) is 7.15. The molecule has 5 heteroatoms. The molecule has 2 aliphatic rings. The first-order valence-corrected chi connectivity index (χ1v) is 7.71. The van der Waals surface area contributed by atoms with Crippen molar-refractivity contribution in [1.82, 2.24) is 9.47 Å². The second-order valence-electron chi connectivity index (χ2n) is 6.71. The molecular weight excluding hydrogens is 266 g/mol. The zero-order chi connectivity index (χ0) is 15.1. The molecule has 5 nitrogen and oxygen atoms in total. The lowest BCUT2D eigenvalue weighted by molar-refractivity contribution is -0.136. The van der Waals surface area contributed by atoms with E-state index >= 15 is 0 Å². The van der Waals surface area contributed by atoms with Gasteiger partial charge >= 0.3 is 0 Å². The van der Waals surface area contributed by atoms with Crippen LogP contribution in [0.3, 0.4) is 0 Å². The quantitative estimate of drug-likeness (QED) is 0.874. The second kappa shape index (κ2) is 5.30. The van der Waals surface area contributed by atoms with Gasteiger partial charge in [-0.2, -0.15) is 0 Å². The molecular formula is C16H23N3O2. The van der Waals surface area contributed by atoms with Gasteiger partial charge in [0.25, 0.3) is 5.56 Å². The molecule has 0 saturated carbocycles. The fourth-order valence-corrected chi connectivity index (χ4v) is 3.57. The lowest BCUT2D eigenvalue weighted by Crippen LogP contribution is -2.54. The van der Waals surface area contributed by atoms with Crippen LogP contribution < -0.4 is 11.3 Å². The summed E-state index contributed by atoms with van der Waals surface area (Å²) in [7, 11) is 0. The number of aromatic nitrogens is 1. The highest BCUT2D eigenvalue weighted by atomic mass is 16.2. The number of hydrogen-bond acceptors (Lipinski definition) is 3. The van der Waals surface area contributed by atoms with E-state index in [0.717, 1.165) is 18.7 Å². The minimum atomic E-state index is -0.429. The van der Waals surface area contributed by atoms with Gasteiger partial charge < -0.3 is 15.2 Å². The van der Waals surface area contributed by atoms with Crippen LogP contribution in [0.4, 0.5) is 0 Å². The van der Waals surface area contributed by atoms with Gasteiger partial charge in [0.15, 0.2) is 0 Å². The molecule has 2 N–H and O–H groups in total. The van der Waals surface area contributed by atoms with Crippen LogP contribution in [0.1, 0.15) is 31.9 Å². The number of amides is 1. The topological polar surface area (TPSA) is 68.3 Å². The first kappa shape index (κ1) is 14.3. The highest BCUT2D eigenvalue weighted by Crippen LogP contribution is 2.35. The average Bonchev–Trinajstić information content (AvgIpc) is 2.46. The van der Waals surface area contributed by atoms with E-state index in [0.29, 0.717) is 19.0 Å². The molecule has 3 rings (SSSR count). The summed E-state index contributed by atoms with van der Waals surface area (Å²) in [6.07, 6.45) is 1.06. The monoisotopic (exact) mass is 289 g/mol. The number of pyridine rings is 1. The molecule has 1 aromatic heterocycles. The number of nitrogens with zero attached hydrogens (tertiary/aromatic N) is 2. The number of carbonyl (C=O) groups excluding carboxylic acids is 1. The molecule has 0 radical (unpaired) electrons. The van der Waals surface area contributed by atoms with Crippen LogP contribution in [-0.2, 0) is 11.3 Å². The number of likely N-dealkylation sites (tertiary alicyclic amines) is 1. The number of hydrogen-bond donors (Lipinski definition) is 1.